The predicted molar refractivity (Wildman–Crippen MR) is 58.4 cm³/mol. The second-order valence-electron chi connectivity index (χ2n) is 3.19. The van der Waals surface area contributed by atoms with Gasteiger partial charge in [-0.1, -0.05) is 0 Å². The van der Waals surface area contributed by atoms with E-state index in [-0.39, 0.29) is 5.56 Å². The van der Waals surface area contributed by atoms with Crippen molar-refractivity contribution in [3.8, 4) is 5.75 Å². The molecule has 0 aliphatic carbocycles. The van der Waals surface area contributed by atoms with Crippen molar-refractivity contribution in [1.82, 2.24) is 4.98 Å². The molecule has 1 aromatic heterocycles. The van der Waals surface area contributed by atoms with Gasteiger partial charge in [0.2, 0.25) is 0 Å². The molecule has 15 heavy (non-hydrogen) atoms. The summed E-state index contributed by atoms with van der Waals surface area (Å²) in [5.41, 5.74) is 0.520. The third-order valence-electron chi connectivity index (χ3n) is 2.05. The summed E-state index contributed by atoms with van der Waals surface area (Å²) in [7, 11) is 0. The van der Waals surface area contributed by atoms with E-state index in [1.807, 2.05) is 6.92 Å². The molecule has 0 aliphatic rings. The highest BCUT2D eigenvalue weighted by atomic mass is 16.5. The Morgan fingerprint density at radius 3 is 2.93 bits per heavy atom. The molecule has 0 aliphatic heterocycles. The quantitative estimate of drug-likeness (QED) is 0.725. The van der Waals surface area contributed by atoms with Crippen molar-refractivity contribution in [3.05, 3.63) is 28.2 Å². The van der Waals surface area contributed by atoms with E-state index >= 15 is 0 Å². The predicted octanol–water partition coefficient (Wildman–Crippen LogP) is 1.49. The van der Waals surface area contributed by atoms with Crippen LogP contribution in [-0.2, 0) is 4.74 Å². The maximum Gasteiger partial charge on any atom is 0.254 e. The first-order chi connectivity index (χ1) is 7.25. The molecule has 0 spiro atoms. The van der Waals surface area contributed by atoms with E-state index in [2.05, 4.69) is 4.98 Å². The molecule has 1 N–H and O–H groups in total. The van der Waals surface area contributed by atoms with E-state index in [1.165, 1.54) is 0 Å². The highest BCUT2D eigenvalue weighted by Crippen LogP contribution is 2.11. The molecule has 0 aromatic carbocycles. The van der Waals surface area contributed by atoms with Crippen LogP contribution in [0.1, 0.15) is 18.9 Å². The zero-order chi connectivity index (χ0) is 11.1. The minimum Gasteiger partial charge on any atom is -0.493 e. The summed E-state index contributed by atoms with van der Waals surface area (Å²) >= 11 is 0. The Morgan fingerprint density at radius 2 is 2.20 bits per heavy atom. The second kappa shape index (κ2) is 6.24. The number of aromatic amines is 1. The SMILES string of the molecule is CCOCCCOc1cc[nH]c(=O)c1C. The van der Waals surface area contributed by atoms with Crippen molar-refractivity contribution in [3.63, 3.8) is 0 Å². The zero-order valence-electron chi connectivity index (χ0n) is 9.21. The summed E-state index contributed by atoms with van der Waals surface area (Å²) in [6, 6.07) is 1.76. The Morgan fingerprint density at radius 1 is 1.40 bits per heavy atom. The molecule has 1 rings (SSSR count). The monoisotopic (exact) mass is 211 g/mol. The molecule has 4 heteroatoms. The van der Waals surface area contributed by atoms with Crippen molar-refractivity contribution < 1.29 is 9.47 Å². The lowest BCUT2D eigenvalue weighted by atomic mass is 10.3. The molecule has 84 valence electrons. The average molecular weight is 211 g/mol. The summed E-state index contributed by atoms with van der Waals surface area (Å²) in [6.45, 7) is 5.70. The lowest BCUT2D eigenvalue weighted by molar-refractivity contribution is 0.130. The first kappa shape index (κ1) is 11.8. The van der Waals surface area contributed by atoms with Gasteiger partial charge in [-0.05, 0) is 19.9 Å². The van der Waals surface area contributed by atoms with Crippen molar-refractivity contribution in [2.75, 3.05) is 19.8 Å². The van der Waals surface area contributed by atoms with Crippen LogP contribution in [0.5, 0.6) is 5.75 Å². The molecule has 4 nitrogen and oxygen atoms in total. The summed E-state index contributed by atoms with van der Waals surface area (Å²) in [5.74, 6) is 0.648. The van der Waals surface area contributed by atoms with Gasteiger partial charge in [0.15, 0.2) is 0 Å². The second-order valence-corrected chi connectivity index (χ2v) is 3.19. The molecule has 0 fully saturated rings. The summed E-state index contributed by atoms with van der Waals surface area (Å²) < 4.78 is 10.6. The molecule has 0 saturated heterocycles. The maximum atomic E-state index is 11.2. The smallest absolute Gasteiger partial charge is 0.254 e. The highest BCUT2D eigenvalue weighted by molar-refractivity contribution is 5.28. The van der Waals surface area contributed by atoms with Gasteiger partial charge >= 0.3 is 0 Å². The fourth-order valence-electron chi connectivity index (χ4n) is 1.18. The van der Waals surface area contributed by atoms with Gasteiger partial charge in [-0.3, -0.25) is 4.79 Å². The number of ether oxygens (including phenoxy) is 2. The van der Waals surface area contributed by atoms with Gasteiger partial charge in [-0.2, -0.15) is 0 Å². The van der Waals surface area contributed by atoms with Crippen LogP contribution in [0.2, 0.25) is 0 Å². The topological polar surface area (TPSA) is 51.3 Å². The minimum atomic E-state index is -0.0997. The van der Waals surface area contributed by atoms with Gasteiger partial charge in [-0.15, -0.1) is 0 Å². The number of pyridine rings is 1. The van der Waals surface area contributed by atoms with Crippen LogP contribution in [0, 0.1) is 6.92 Å². The van der Waals surface area contributed by atoms with Gasteiger partial charge in [0.25, 0.3) is 5.56 Å². The third-order valence-corrected chi connectivity index (χ3v) is 2.05. The fraction of sp³-hybridized carbons (Fsp3) is 0.545. The summed E-state index contributed by atoms with van der Waals surface area (Å²) in [5, 5.41) is 0. The van der Waals surface area contributed by atoms with Crippen molar-refractivity contribution in [1.29, 1.82) is 0 Å². The molecule has 0 atom stereocenters. The first-order valence-corrected chi connectivity index (χ1v) is 5.14. The Labute approximate surface area is 89.2 Å². The Hall–Kier alpha value is -1.29. The van der Waals surface area contributed by atoms with Gasteiger partial charge in [0.1, 0.15) is 5.75 Å². The average Bonchev–Trinajstić information content (AvgIpc) is 2.24. The summed E-state index contributed by atoms with van der Waals surface area (Å²) in [4.78, 5) is 13.8. The number of aromatic nitrogens is 1. The lowest BCUT2D eigenvalue weighted by Gasteiger charge is -2.07. The normalized spacial score (nSPS) is 10.3. The first-order valence-electron chi connectivity index (χ1n) is 5.14. The molecule has 1 aromatic rings. The van der Waals surface area contributed by atoms with Crippen LogP contribution in [0.25, 0.3) is 0 Å². The van der Waals surface area contributed by atoms with Gasteiger partial charge in [0, 0.05) is 25.8 Å². The lowest BCUT2D eigenvalue weighted by Crippen LogP contribution is -2.11. The standard InChI is InChI=1S/C11H17NO3/c1-3-14-7-4-8-15-10-5-6-12-11(13)9(10)2/h5-6H,3-4,7-8H2,1-2H3,(H,12,13). The van der Waals surface area contributed by atoms with E-state index < -0.39 is 0 Å². The Balaban J connectivity index is 2.38. The van der Waals surface area contributed by atoms with E-state index in [4.69, 9.17) is 9.47 Å². The van der Waals surface area contributed by atoms with E-state index in [0.29, 0.717) is 24.5 Å². The fourth-order valence-corrected chi connectivity index (χ4v) is 1.18. The highest BCUT2D eigenvalue weighted by Gasteiger charge is 2.01. The van der Waals surface area contributed by atoms with Crippen LogP contribution in [0.4, 0.5) is 0 Å². The number of rotatable bonds is 6. The Bertz CT molecular complexity index is 346. The van der Waals surface area contributed by atoms with Crippen LogP contribution < -0.4 is 10.3 Å². The van der Waals surface area contributed by atoms with Gasteiger partial charge in [-0.25, -0.2) is 0 Å². The molecule has 0 bridgehead atoms. The largest absolute Gasteiger partial charge is 0.493 e. The van der Waals surface area contributed by atoms with Crippen molar-refractivity contribution in [2.45, 2.75) is 20.3 Å². The van der Waals surface area contributed by atoms with Crippen LogP contribution >= 0.6 is 0 Å². The number of hydrogen-bond donors (Lipinski definition) is 1. The van der Waals surface area contributed by atoms with E-state index in [1.54, 1.807) is 19.2 Å². The maximum absolute atomic E-state index is 11.2. The van der Waals surface area contributed by atoms with Crippen molar-refractivity contribution in [2.24, 2.45) is 0 Å². The number of hydrogen-bond acceptors (Lipinski definition) is 3. The van der Waals surface area contributed by atoms with Crippen molar-refractivity contribution >= 4 is 0 Å². The molecule has 0 unspecified atom stereocenters. The molecular formula is C11H17NO3. The number of H-pyrrole nitrogens is 1. The molecule has 0 radical (unpaired) electrons. The molecular weight excluding hydrogens is 194 g/mol. The minimum absolute atomic E-state index is 0.0997. The zero-order valence-corrected chi connectivity index (χ0v) is 9.21. The van der Waals surface area contributed by atoms with E-state index in [9.17, 15) is 4.79 Å². The number of nitrogens with one attached hydrogen (secondary N) is 1. The third kappa shape index (κ3) is 3.75. The van der Waals surface area contributed by atoms with Crippen LogP contribution in [-0.4, -0.2) is 24.8 Å². The van der Waals surface area contributed by atoms with Gasteiger partial charge < -0.3 is 14.5 Å². The molecule has 0 amide bonds. The summed E-state index contributed by atoms with van der Waals surface area (Å²) in [6.07, 6.45) is 2.42. The Kier molecular flexibility index (Phi) is 4.90. The van der Waals surface area contributed by atoms with Crippen LogP contribution in [0.3, 0.4) is 0 Å². The molecule has 0 saturated carbocycles. The van der Waals surface area contributed by atoms with Gasteiger partial charge in [0.05, 0.1) is 12.2 Å². The van der Waals surface area contributed by atoms with E-state index in [0.717, 1.165) is 13.0 Å². The van der Waals surface area contributed by atoms with Crippen LogP contribution in [0.15, 0.2) is 17.1 Å². The molecule has 1 heterocycles.